The van der Waals surface area contributed by atoms with Crippen LogP contribution in [0.4, 0.5) is 0 Å². The van der Waals surface area contributed by atoms with Crippen molar-refractivity contribution in [1.82, 2.24) is 0 Å². The Morgan fingerprint density at radius 3 is 1.72 bits per heavy atom. The zero-order valence-electron chi connectivity index (χ0n) is 11.6. The third-order valence-corrected chi connectivity index (χ3v) is 3.69. The summed E-state index contributed by atoms with van der Waals surface area (Å²) in [5, 5.41) is 0. The molecule has 0 unspecified atom stereocenters. The third kappa shape index (κ3) is 6.24. The van der Waals surface area contributed by atoms with Gasteiger partial charge < -0.3 is 0 Å². The molecule has 0 heterocycles. The predicted octanol–water partition coefficient (Wildman–Crippen LogP) is 3.38. The third-order valence-electron chi connectivity index (χ3n) is 1.83. The van der Waals surface area contributed by atoms with Crippen molar-refractivity contribution in [2.45, 2.75) is 52.2 Å². The molecule has 4 nitrogen and oxygen atoms in total. The minimum Gasteiger partial charge on any atom is -0.287 e. The van der Waals surface area contributed by atoms with Crippen LogP contribution in [0.2, 0.25) is 0 Å². The molecule has 0 aliphatic heterocycles. The van der Waals surface area contributed by atoms with Crippen molar-refractivity contribution in [3.63, 3.8) is 0 Å². The fraction of sp³-hybridized carbons (Fsp3) is 0.692. The minimum absolute atomic E-state index is 0.235. The summed E-state index contributed by atoms with van der Waals surface area (Å²) in [7, 11) is -3.80. The number of rotatable bonds is 7. The molecule has 0 aromatic rings. The summed E-state index contributed by atoms with van der Waals surface area (Å²) in [5.74, 6) is 4.74. The van der Waals surface area contributed by atoms with Gasteiger partial charge in [0.1, 0.15) is 11.2 Å². The summed E-state index contributed by atoms with van der Waals surface area (Å²) in [6.07, 6.45) is 11.3. The molecular weight excluding hydrogens is 251 g/mol. The van der Waals surface area contributed by atoms with Crippen molar-refractivity contribution < 1.29 is 18.1 Å². The van der Waals surface area contributed by atoms with E-state index in [1.165, 1.54) is 0 Å². The summed E-state index contributed by atoms with van der Waals surface area (Å²) in [4.78, 5) is 0. The zero-order valence-corrected chi connectivity index (χ0v) is 12.5. The van der Waals surface area contributed by atoms with Crippen LogP contribution in [0, 0.1) is 24.7 Å². The zero-order chi connectivity index (χ0) is 14.4. The van der Waals surface area contributed by atoms with Crippen LogP contribution in [-0.2, 0) is 18.1 Å². The molecule has 18 heavy (non-hydrogen) atoms. The molecular formula is C13H21O4P. The van der Waals surface area contributed by atoms with Crippen molar-refractivity contribution in [3.8, 4) is 24.7 Å². The van der Waals surface area contributed by atoms with Crippen molar-refractivity contribution in [2.24, 2.45) is 0 Å². The lowest BCUT2D eigenvalue weighted by molar-refractivity contribution is 0.0297. The average molecular weight is 272 g/mol. The summed E-state index contributed by atoms with van der Waals surface area (Å²) in [6, 6.07) is 0. The summed E-state index contributed by atoms with van der Waals surface area (Å²) >= 11 is 0. The van der Waals surface area contributed by atoms with E-state index in [0.29, 0.717) is 6.42 Å². The van der Waals surface area contributed by atoms with Gasteiger partial charge in [0.05, 0.1) is 6.61 Å². The van der Waals surface area contributed by atoms with Crippen LogP contribution < -0.4 is 0 Å². The Labute approximate surface area is 110 Å². The first kappa shape index (κ1) is 17.2. The standard InChI is InChI=1S/C13H21O4P/c1-8-11-15-18(14,16-12(4,5)9-2)17-13(6,7)10-3/h2-3H,8,11H2,1,4-7H3. The maximum atomic E-state index is 12.5. The average Bonchev–Trinajstić information content (AvgIpc) is 2.25. The molecule has 0 fully saturated rings. The molecule has 0 amide bonds. The quantitative estimate of drug-likeness (QED) is 0.526. The van der Waals surface area contributed by atoms with E-state index < -0.39 is 19.0 Å². The lowest BCUT2D eigenvalue weighted by Crippen LogP contribution is -2.27. The van der Waals surface area contributed by atoms with Gasteiger partial charge in [-0.15, -0.1) is 12.8 Å². The topological polar surface area (TPSA) is 44.8 Å². The fourth-order valence-electron chi connectivity index (χ4n) is 0.886. The maximum Gasteiger partial charge on any atom is 0.477 e. The highest BCUT2D eigenvalue weighted by atomic mass is 31.2. The van der Waals surface area contributed by atoms with Gasteiger partial charge in [-0.1, -0.05) is 18.8 Å². The van der Waals surface area contributed by atoms with E-state index >= 15 is 0 Å². The van der Waals surface area contributed by atoms with Gasteiger partial charge >= 0.3 is 7.82 Å². The Morgan fingerprint density at radius 1 is 1.06 bits per heavy atom. The van der Waals surface area contributed by atoms with Crippen LogP contribution >= 0.6 is 7.82 Å². The Bertz CT molecular complexity index is 366. The maximum absolute atomic E-state index is 12.5. The van der Waals surface area contributed by atoms with Crippen LogP contribution in [0.1, 0.15) is 41.0 Å². The largest absolute Gasteiger partial charge is 0.477 e. The highest BCUT2D eigenvalue weighted by molar-refractivity contribution is 7.48. The molecule has 0 rings (SSSR count). The van der Waals surface area contributed by atoms with Gasteiger partial charge in [0.15, 0.2) is 0 Å². The molecule has 0 aromatic heterocycles. The van der Waals surface area contributed by atoms with E-state index in [-0.39, 0.29) is 6.61 Å². The molecule has 0 N–H and O–H groups in total. The van der Waals surface area contributed by atoms with E-state index in [0.717, 1.165) is 0 Å². The van der Waals surface area contributed by atoms with E-state index in [9.17, 15) is 4.57 Å². The van der Waals surface area contributed by atoms with Crippen LogP contribution in [0.25, 0.3) is 0 Å². The van der Waals surface area contributed by atoms with Crippen molar-refractivity contribution >= 4 is 7.82 Å². The van der Waals surface area contributed by atoms with Gasteiger partial charge in [-0.2, -0.15) is 0 Å². The first-order chi connectivity index (χ1) is 8.10. The van der Waals surface area contributed by atoms with Crippen molar-refractivity contribution in [2.75, 3.05) is 6.61 Å². The Morgan fingerprint density at radius 2 is 1.44 bits per heavy atom. The van der Waals surface area contributed by atoms with Gasteiger partial charge in [0.2, 0.25) is 0 Å². The second-order valence-electron chi connectivity index (χ2n) is 4.77. The molecule has 5 heteroatoms. The van der Waals surface area contributed by atoms with Gasteiger partial charge in [0.25, 0.3) is 0 Å². The van der Waals surface area contributed by atoms with Gasteiger partial charge in [-0.05, 0) is 34.1 Å². The van der Waals surface area contributed by atoms with Gasteiger partial charge in [0, 0.05) is 0 Å². The van der Waals surface area contributed by atoms with Crippen LogP contribution in [-0.4, -0.2) is 17.8 Å². The minimum atomic E-state index is -3.80. The first-order valence-corrected chi connectivity index (χ1v) is 7.17. The molecule has 0 radical (unpaired) electrons. The van der Waals surface area contributed by atoms with E-state index in [2.05, 4.69) is 11.8 Å². The molecule has 0 aliphatic rings. The van der Waals surface area contributed by atoms with Crippen LogP contribution in [0.5, 0.6) is 0 Å². The summed E-state index contributed by atoms with van der Waals surface area (Å²) in [5.41, 5.74) is -2.12. The van der Waals surface area contributed by atoms with Gasteiger partial charge in [-0.25, -0.2) is 4.57 Å². The van der Waals surface area contributed by atoms with Gasteiger partial charge in [-0.3, -0.25) is 13.6 Å². The second kappa shape index (κ2) is 6.41. The Hall–Kier alpha value is -0.770. The highest BCUT2D eigenvalue weighted by Gasteiger charge is 2.39. The van der Waals surface area contributed by atoms with Crippen molar-refractivity contribution in [3.05, 3.63) is 0 Å². The first-order valence-electron chi connectivity index (χ1n) is 5.71. The number of phosphoric ester groups is 1. The number of hydrogen-bond donors (Lipinski definition) is 0. The molecule has 0 aromatic carbocycles. The molecule has 0 aliphatic carbocycles. The number of hydrogen-bond acceptors (Lipinski definition) is 4. The highest BCUT2D eigenvalue weighted by Crippen LogP contribution is 2.55. The van der Waals surface area contributed by atoms with E-state index in [1.807, 2.05) is 6.92 Å². The summed E-state index contributed by atoms with van der Waals surface area (Å²) < 4.78 is 28.2. The van der Waals surface area contributed by atoms with E-state index in [4.69, 9.17) is 26.4 Å². The predicted molar refractivity (Wildman–Crippen MR) is 71.8 cm³/mol. The van der Waals surface area contributed by atoms with Crippen molar-refractivity contribution in [1.29, 1.82) is 0 Å². The molecule has 0 saturated heterocycles. The lowest BCUT2D eigenvalue weighted by Gasteiger charge is -2.29. The SMILES string of the molecule is C#CC(C)(C)OP(=O)(OCCC)OC(C)(C)C#C. The molecule has 0 atom stereocenters. The Balaban J connectivity index is 5.04. The molecule has 0 spiro atoms. The molecule has 0 bridgehead atoms. The number of terminal acetylenes is 2. The van der Waals surface area contributed by atoms with E-state index in [1.54, 1.807) is 27.7 Å². The Kier molecular flexibility index (Phi) is 6.14. The molecule has 102 valence electrons. The lowest BCUT2D eigenvalue weighted by atomic mass is 10.2. The van der Waals surface area contributed by atoms with Crippen LogP contribution in [0.3, 0.4) is 0 Å². The summed E-state index contributed by atoms with van der Waals surface area (Å²) in [6.45, 7) is 8.51. The second-order valence-corrected chi connectivity index (χ2v) is 6.29. The number of phosphoric acid groups is 1. The molecule has 0 saturated carbocycles. The normalized spacial score (nSPS) is 12.8. The smallest absolute Gasteiger partial charge is 0.287 e. The fourth-order valence-corrected chi connectivity index (χ4v) is 2.66. The monoisotopic (exact) mass is 272 g/mol. The van der Waals surface area contributed by atoms with Crippen LogP contribution in [0.15, 0.2) is 0 Å².